The molecule has 0 aliphatic carbocycles. The smallest absolute Gasteiger partial charge is 0.323 e. The highest BCUT2D eigenvalue weighted by atomic mass is 16.5. The molecule has 1 fully saturated rings. The second kappa shape index (κ2) is 6.70. The van der Waals surface area contributed by atoms with E-state index in [1.807, 2.05) is 6.92 Å². The van der Waals surface area contributed by atoms with Crippen molar-refractivity contribution in [3.05, 3.63) is 0 Å². The van der Waals surface area contributed by atoms with Gasteiger partial charge in [-0.05, 0) is 25.8 Å². The summed E-state index contributed by atoms with van der Waals surface area (Å²) < 4.78 is 4.93. The van der Waals surface area contributed by atoms with Crippen LogP contribution in [0, 0.1) is 0 Å². The van der Waals surface area contributed by atoms with Crippen LogP contribution in [-0.4, -0.2) is 60.8 Å². The Hall–Kier alpha value is -1.14. The molecule has 0 saturated carbocycles. The number of carboxylic acid groups (broad SMARTS) is 1. The lowest BCUT2D eigenvalue weighted by Gasteiger charge is -2.33. The SMILES string of the molecule is CCC1(C(=O)N(CCOC)CC(=O)O)CCCN1. The Kier molecular flexibility index (Phi) is 5.55. The van der Waals surface area contributed by atoms with Crippen LogP contribution in [0.2, 0.25) is 0 Å². The maximum absolute atomic E-state index is 12.5. The number of rotatable bonds is 7. The van der Waals surface area contributed by atoms with Crippen molar-refractivity contribution < 1.29 is 19.4 Å². The first-order valence-corrected chi connectivity index (χ1v) is 6.31. The molecule has 0 aromatic heterocycles. The molecule has 0 aromatic carbocycles. The molecule has 1 saturated heterocycles. The number of hydrogen-bond donors (Lipinski definition) is 2. The van der Waals surface area contributed by atoms with E-state index in [1.54, 1.807) is 0 Å². The summed E-state index contributed by atoms with van der Waals surface area (Å²) in [5.74, 6) is -1.12. The molecule has 1 unspecified atom stereocenters. The predicted octanol–water partition coefficient (Wildman–Crippen LogP) is 0.0782. The summed E-state index contributed by atoms with van der Waals surface area (Å²) >= 11 is 0. The van der Waals surface area contributed by atoms with Gasteiger partial charge in [-0.15, -0.1) is 0 Å². The standard InChI is InChI=1S/C12H22N2O4/c1-3-12(5-4-6-13-12)11(17)14(7-8-18-2)9-10(15)16/h13H,3-9H2,1-2H3,(H,15,16). The van der Waals surface area contributed by atoms with Crippen LogP contribution in [0.25, 0.3) is 0 Å². The van der Waals surface area contributed by atoms with E-state index in [0.29, 0.717) is 19.6 Å². The number of methoxy groups -OCH3 is 1. The number of amides is 1. The second-order valence-electron chi connectivity index (χ2n) is 4.58. The van der Waals surface area contributed by atoms with E-state index in [0.717, 1.165) is 19.4 Å². The van der Waals surface area contributed by atoms with Crippen LogP contribution in [0.15, 0.2) is 0 Å². The first kappa shape index (κ1) is 14.9. The van der Waals surface area contributed by atoms with Crippen molar-refractivity contribution in [3.8, 4) is 0 Å². The van der Waals surface area contributed by atoms with E-state index in [2.05, 4.69) is 5.32 Å². The zero-order valence-corrected chi connectivity index (χ0v) is 11.1. The quantitative estimate of drug-likeness (QED) is 0.676. The molecule has 1 atom stereocenters. The van der Waals surface area contributed by atoms with Crippen LogP contribution in [0.5, 0.6) is 0 Å². The van der Waals surface area contributed by atoms with Gasteiger partial charge in [-0.1, -0.05) is 6.92 Å². The van der Waals surface area contributed by atoms with Crippen molar-refractivity contribution in [2.24, 2.45) is 0 Å². The van der Waals surface area contributed by atoms with E-state index in [4.69, 9.17) is 9.84 Å². The van der Waals surface area contributed by atoms with Crippen molar-refractivity contribution in [2.75, 3.05) is 33.4 Å². The third kappa shape index (κ3) is 3.43. The van der Waals surface area contributed by atoms with E-state index < -0.39 is 11.5 Å². The number of aliphatic carboxylic acids is 1. The van der Waals surface area contributed by atoms with E-state index >= 15 is 0 Å². The fourth-order valence-electron chi connectivity index (χ4n) is 2.36. The molecule has 0 bridgehead atoms. The molecule has 6 heteroatoms. The Morgan fingerprint density at radius 2 is 2.22 bits per heavy atom. The molecule has 1 aliphatic rings. The summed E-state index contributed by atoms with van der Waals surface area (Å²) in [5.41, 5.74) is -0.580. The fourth-order valence-corrected chi connectivity index (χ4v) is 2.36. The molecule has 1 rings (SSSR count). The van der Waals surface area contributed by atoms with Crippen molar-refractivity contribution in [1.29, 1.82) is 0 Å². The van der Waals surface area contributed by atoms with Gasteiger partial charge in [0.05, 0.1) is 12.1 Å². The number of carboxylic acids is 1. The molecule has 18 heavy (non-hydrogen) atoms. The molecule has 1 amide bonds. The van der Waals surface area contributed by atoms with Crippen LogP contribution < -0.4 is 5.32 Å². The largest absolute Gasteiger partial charge is 0.480 e. The van der Waals surface area contributed by atoms with Crippen molar-refractivity contribution >= 4 is 11.9 Å². The van der Waals surface area contributed by atoms with E-state index in [1.165, 1.54) is 12.0 Å². The third-order valence-electron chi connectivity index (χ3n) is 3.44. The van der Waals surface area contributed by atoms with Gasteiger partial charge in [0.2, 0.25) is 5.91 Å². The maximum atomic E-state index is 12.5. The number of carbonyl (C=O) groups excluding carboxylic acids is 1. The Balaban J connectivity index is 2.75. The van der Waals surface area contributed by atoms with Crippen molar-refractivity contribution in [3.63, 3.8) is 0 Å². The van der Waals surface area contributed by atoms with Crippen LogP contribution >= 0.6 is 0 Å². The molecule has 1 heterocycles. The Morgan fingerprint density at radius 1 is 1.50 bits per heavy atom. The minimum Gasteiger partial charge on any atom is -0.480 e. The van der Waals surface area contributed by atoms with Gasteiger partial charge >= 0.3 is 5.97 Å². The van der Waals surface area contributed by atoms with Crippen LogP contribution in [-0.2, 0) is 14.3 Å². The van der Waals surface area contributed by atoms with Gasteiger partial charge in [0.15, 0.2) is 0 Å². The summed E-state index contributed by atoms with van der Waals surface area (Å²) in [4.78, 5) is 24.7. The minimum absolute atomic E-state index is 0.123. The Morgan fingerprint density at radius 3 is 2.67 bits per heavy atom. The lowest BCUT2D eigenvalue weighted by Crippen LogP contribution is -2.56. The number of hydrogen-bond acceptors (Lipinski definition) is 4. The molecular formula is C12H22N2O4. The first-order valence-electron chi connectivity index (χ1n) is 6.31. The van der Waals surface area contributed by atoms with E-state index in [9.17, 15) is 9.59 Å². The average Bonchev–Trinajstić information content (AvgIpc) is 2.83. The average molecular weight is 258 g/mol. The summed E-state index contributed by atoms with van der Waals surface area (Å²) in [6, 6.07) is 0. The number of nitrogens with one attached hydrogen (secondary N) is 1. The van der Waals surface area contributed by atoms with Gasteiger partial charge in [-0.3, -0.25) is 9.59 Å². The fraction of sp³-hybridized carbons (Fsp3) is 0.833. The predicted molar refractivity (Wildman–Crippen MR) is 66.4 cm³/mol. The summed E-state index contributed by atoms with van der Waals surface area (Å²) in [7, 11) is 1.53. The lowest BCUT2D eigenvalue weighted by atomic mass is 9.92. The highest BCUT2D eigenvalue weighted by Gasteiger charge is 2.41. The zero-order valence-electron chi connectivity index (χ0n) is 11.1. The monoisotopic (exact) mass is 258 g/mol. The first-order chi connectivity index (χ1) is 8.55. The normalized spacial score (nSPS) is 23.0. The summed E-state index contributed by atoms with van der Waals surface area (Å²) in [6.45, 7) is 3.14. The second-order valence-corrected chi connectivity index (χ2v) is 4.58. The van der Waals surface area contributed by atoms with Gasteiger partial charge in [-0.2, -0.15) is 0 Å². The summed E-state index contributed by atoms with van der Waals surface area (Å²) in [5, 5.41) is 12.1. The zero-order chi connectivity index (χ0) is 13.6. The minimum atomic E-state index is -0.997. The molecule has 1 aliphatic heterocycles. The molecular weight excluding hydrogens is 236 g/mol. The van der Waals surface area contributed by atoms with Gasteiger partial charge < -0.3 is 20.1 Å². The third-order valence-corrected chi connectivity index (χ3v) is 3.44. The number of ether oxygens (including phenoxy) is 1. The summed E-state index contributed by atoms with van der Waals surface area (Å²) in [6.07, 6.45) is 2.39. The maximum Gasteiger partial charge on any atom is 0.323 e. The topological polar surface area (TPSA) is 78.9 Å². The van der Waals surface area contributed by atoms with Gasteiger partial charge in [-0.25, -0.2) is 0 Å². The molecule has 104 valence electrons. The molecule has 0 aromatic rings. The number of nitrogens with zero attached hydrogens (tertiary/aromatic N) is 1. The highest BCUT2D eigenvalue weighted by Crippen LogP contribution is 2.25. The lowest BCUT2D eigenvalue weighted by molar-refractivity contribution is -0.148. The number of carbonyl (C=O) groups is 2. The van der Waals surface area contributed by atoms with Crippen molar-refractivity contribution in [1.82, 2.24) is 10.2 Å². The Bertz CT molecular complexity index is 300. The van der Waals surface area contributed by atoms with Crippen LogP contribution in [0.1, 0.15) is 26.2 Å². The molecule has 6 nitrogen and oxygen atoms in total. The van der Waals surface area contributed by atoms with Crippen molar-refractivity contribution in [2.45, 2.75) is 31.7 Å². The highest BCUT2D eigenvalue weighted by molar-refractivity contribution is 5.89. The van der Waals surface area contributed by atoms with Gasteiger partial charge in [0, 0.05) is 13.7 Å². The van der Waals surface area contributed by atoms with E-state index in [-0.39, 0.29) is 12.5 Å². The molecule has 0 spiro atoms. The van der Waals surface area contributed by atoms with Gasteiger partial charge in [0.25, 0.3) is 0 Å². The van der Waals surface area contributed by atoms with Gasteiger partial charge in [0.1, 0.15) is 6.54 Å². The van der Waals surface area contributed by atoms with Crippen LogP contribution in [0.3, 0.4) is 0 Å². The molecule has 2 N–H and O–H groups in total. The Labute approximate surface area is 107 Å². The molecule has 0 radical (unpaired) electrons. The van der Waals surface area contributed by atoms with Crippen LogP contribution in [0.4, 0.5) is 0 Å².